The molecule has 2 unspecified atom stereocenters. The second kappa shape index (κ2) is 4.45. The summed E-state index contributed by atoms with van der Waals surface area (Å²) in [5.74, 6) is -0.945. The SMILES string of the molecule is Cc1ccc(Br)c(NC2CCC2C(=O)O)c1. The molecule has 0 spiro atoms. The monoisotopic (exact) mass is 283 g/mol. The molecule has 1 aliphatic carbocycles. The van der Waals surface area contributed by atoms with Gasteiger partial charge in [-0.15, -0.1) is 0 Å². The van der Waals surface area contributed by atoms with Gasteiger partial charge in [0, 0.05) is 16.2 Å². The minimum absolute atomic E-state index is 0.0654. The van der Waals surface area contributed by atoms with Crippen LogP contribution >= 0.6 is 15.9 Å². The molecule has 1 fully saturated rings. The van der Waals surface area contributed by atoms with Gasteiger partial charge < -0.3 is 10.4 Å². The summed E-state index contributed by atoms with van der Waals surface area (Å²) in [5.41, 5.74) is 2.15. The van der Waals surface area contributed by atoms with Gasteiger partial charge in [-0.1, -0.05) is 6.07 Å². The lowest BCUT2D eigenvalue weighted by Gasteiger charge is -2.35. The lowest BCUT2D eigenvalue weighted by molar-refractivity contribution is -0.144. The molecule has 1 aromatic rings. The molecule has 16 heavy (non-hydrogen) atoms. The van der Waals surface area contributed by atoms with Gasteiger partial charge in [0.2, 0.25) is 0 Å². The Labute approximate surface area is 103 Å². The lowest BCUT2D eigenvalue weighted by Crippen LogP contribution is -2.43. The van der Waals surface area contributed by atoms with Crippen molar-refractivity contribution in [2.45, 2.75) is 25.8 Å². The Bertz CT molecular complexity index is 419. The maximum atomic E-state index is 10.9. The fourth-order valence-corrected chi connectivity index (χ4v) is 2.28. The molecule has 0 bridgehead atoms. The number of benzene rings is 1. The van der Waals surface area contributed by atoms with Crippen LogP contribution in [0.2, 0.25) is 0 Å². The molecular weight excluding hydrogens is 270 g/mol. The first-order valence-corrected chi connectivity index (χ1v) is 6.12. The zero-order chi connectivity index (χ0) is 11.7. The summed E-state index contributed by atoms with van der Waals surface area (Å²) in [6.45, 7) is 2.02. The van der Waals surface area contributed by atoms with Crippen LogP contribution in [0.4, 0.5) is 5.69 Å². The lowest BCUT2D eigenvalue weighted by atomic mass is 9.79. The first kappa shape index (κ1) is 11.5. The van der Waals surface area contributed by atoms with Crippen molar-refractivity contribution in [1.29, 1.82) is 0 Å². The van der Waals surface area contributed by atoms with Gasteiger partial charge >= 0.3 is 5.97 Å². The summed E-state index contributed by atoms with van der Waals surface area (Å²) in [6.07, 6.45) is 1.70. The van der Waals surface area contributed by atoms with E-state index in [-0.39, 0.29) is 12.0 Å². The molecule has 3 nitrogen and oxygen atoms in total. The van der Waals surface area contributed by atoms with E-state index in [0.29, 0.717) is 0 Å². The molecule has 0 radical (unpaired) electrons. The normalized spacial score (nSPS) is 23.6. The van der Waals surface area contributed by atoms with Crippen molar-refractivity contribution in [3.05, 3.63) is 28.2 Å². The number of anilines is 1. The number of hydrogen-bond donors (Lipinski definition) is 2. The van der Waals surface area contributed by atoms with Gasteiger partial charge in [0.15, 0.2) is 0 Å². The summed E-state index contributed by atoms with van der Waals surface area (Å²) in [7, 11) is 0. The number of carbonyl (C=O) groups is 1. The molecule has 0 saturated heterocycles. The smallest absolute Gasteiger partial charge is 0.308 e. The maximum Gasteiger partial charge on any atom is 0.308 e. The Morgan fingerprint density at radius 1 is 1.50 bits per heavy atom. The summed E-state index contributed by atoms with van der Waals surface area (Å²) in [4.78, 5) is 10.9. The second-order valence-electron chi connectivity index (χ2n) is 4.26. The third-order valence-corrected chi connectivity index (χ3v) is 3.75. The van der Waals surface area contributed by atoms with E-state index in [4.69, 9.17) is 5.11 Å². The Kier molecular flexibility index (Phi) is 3.19. The average Bonchev–Trinajstić information content (AvgIpc) is 2.16. The maximum absolute atomic E-state index is 10.9. The molecule has 4 heteroatoms. The van der Waals surface area contributed by atoms with E-state index in [1.54, 1.807) is 0 Å². The highest BCUT2D eigenvalue weighted by atomic mass is 79.9. The van der Waals surface area contributed by atoms with Crippen molar-refractivity contribution in [3.8, 4) is 0 Å². The number of carboxylic acids is 1. The topological polar surface area (TPSA) is 49.3 Å². The highest BCUT2D eigenvalue weighted by Gasteiger charge is 2.36. The molecule has 2 rings (SSSR count). The minimum atomic E-state index is -0.701. The van der Waals surface area contributed by atoms with E-state index in [2.05, 4.69) is 21.2 Å². The van der Waals surface area contributed by atoms with Crippen LogP contribution in [0.3, 0.4) is 0 Å². The van der Waals surface area contributed by atoms with Crippen molar-refractivity contribution in [2.24, 2.45) is 5.92 Å². The van der Waals surface area contributed by atoms with E-state index in [0.717, 1.165) is 28.6 Å². The van der Waals surface area contributed by atoms with Crippen molar-refractivity contribution in [1.82, 2.24) is 0 Å². The molecule has 0 amide bonds. The van der Waals surface area contributed by atoms with E-state index < -0.39 is 5.97 Å². The molecule has 0 aliphatic heterocycles. The van der Waals surface area contributed by atoms with Gasteiger partial charge in [-0.3, -0.25) is 4.79 Å². The highest BCUT2D eigenvalue weighted by molar-refractivity contribution is 9.10. The first-order chi connectivity index (χ1) is 7.58. The summed E-state index contributed by atoms with van der Waals surface area (Å²) in [6, 6.07) is 6.09. The predicted molar refractivity (Wildman–Crippen MR) is 66.6 cm³/mol. The molecule has 0 aromatic heterocycles. The Morgan fingerprint density at radius 2 is 2.25 bits per heavy atom. The summed E-state index contributed by atoms with van der Waals surface area (Å²) in [5, 5.41) is 12.2. The number of aliphatic carboxylic acids is 1. The van der Waals surface area contributed by atoms with Crippen LogP contribution in [0.15, 0.2) is 22.7 Å². The second-order valence-corrected chi connectivity index (χ2v) is 5.11. The number of hydrogen-bond acceptors (Lipinski definition) is 2. The average molecular weight is 284 g/mol. The van der Waals surface area contributed by atoms with Crippen molar-refractivity contribution >= 4 is 27.6 Å². The molecule has 1 aromatic carbocycles. The fraction of sp³-hybridized carbons (Fsp3) is 0.417. The minimum Gasteiger partial charge on any atom is -0.481 e. The number of rotatable bonds is 3. The zero-order valence-corrected chi connectivity index (χ0v) is 10.6. The number of carboxylic acid groups (broad SMARTS) is 1. The van der Waals surface area contributed by atoms with Crippen molar-refractivity contribution in [2.75, 3.05) is 5.32 Å². The van der Waals surface area contributed by atoms with E-state index in [1.807, 2.05) is 25.1 Å². The van der Waals surface area contributed by atoms with Gasteiger partial charge in [0.1, 0.15) is 0 Å². The van der Waals surface area contributed by atoms with E-state index >= 15 is 0 Å². The Morgan fingerprint density at radius 3 is 2.81 bits per heavy atom. The largest absolute Gasteiger partial charge is 0.481 e. The molecular formula is C12H14BrNO2. The fourth-order valence-electron chi connectivity index (χ4n) is 1.92. The van der Waals surface area contributed by atoms with Gasteiger partial charge in [0.05, 0.1) is 5.92 Å². The Balaban J connectivity index is 2.09. The molecule has 86 valence electrons. The summed E-state index contributed by atoms with van der Waals surface area (Å²) < 4.78 is 0.981. The quantitative estimate of drug-likeness (QED) is 0.897. The molecule has 2 N–H and O–H groups in total. The van der Waals surface area contributed by atoms with Crippen LogP contribution in [0, 0.1) is 12.8 Å². The van der Waals surface area contributed by atoms with Crippen molar-refractivity contribution < 1.29 is 9.90 Å². The van der Waals surface area contributed by atoms with Crippen LogP contribution in [-0.4, -0.2) is 17.1 Å². The molecule has 2 atom stereocenters. The summed E-state index contributed by atoms with van der Waals surface area (Å²) >= 11 is 3.46. The first-order valence-electron chi connectivity index (χ1n) is 5.33. The van der Waals surface area contributed by atoms with Gasteiger partial charge in [0.25, 0.3) is 0 Å². The third-order valence-electron chi connectivity index (χ3n) is 3.05. The zero-order valence-electron chi connectivity index (χ0n) is 9.03. The van der Waals surface area contributed by atoms with Gasteiger partial charge in [-0.05, 0) is 53.4 Å². The number of nitrogens with one attached hydrogen (secondary N) is 1. The Hall–Kier alpha value is -1.03. The molecule has 1 saturated carbocycles. The van der Waals surface area contributed by atoms with Crippen LogP contribution in [-0.2, 0) is 4.79 Å². The molecule has 1 aliphatic rings. The number of aryl methyl sites for hydroxylation is 1. The molecule has 0 heterocycles. The van der Waals surface area contributed by atoms with Crippen LogP contribution < -0.4 is 5.32 Å². The van der Waals surface area contributed by atoms with E-state index in [1.165, 1.54) is 0 Å². The van der Waals surface area contributed by atoms with Crippen LogP contribution in [0.25, 0.3) is 0 Å². The van der Waals surface area contributed by atoms with Crippen molar-refractivity contribution in [3.63, 3.8) is 0 Å². The van der Waals surface area contributed by atoms with E-state index in [9.17, 15) is 4.79 Å². The third kappa shape index (κ3) is 2.21. The van der Waals surface area contributed by atoms with Gasteiger partial charge in [-0.25, -0.2) is 0 Å². The van der Waals surface area contributed by atoms with Crippen LogP contribution in [0.1, 0.15) is 18.4 Å². The predicted octanol–water partition coefficient (Wildman–Crippen LogP) is 3.03. The van der Waals surface area contributed by atoms with Gasteiger partial charge in [-0.2, -0.15) is 0 Å². The number of halogens is 1. The van der Waals surface area contributed by atoms with Crippen LogP contribution in [0.5, 0.6) is 0 Å². The standard InChI is InChI=1S/C12H14BrNO2/c1-7-2-4-9(13)11(6-7)14-10-5-3-8(10)12(15)16/h2,4,6,8,10,14H,3,5H2,1H3,(H,15,16). The highest BCUT2D eigenvalue weighted by Crippen LogP contribution is 2.33.